The molecule has 0 amide bonds. The lowest BCUT2D eigenvalue weighted by atomic mass is 10.0. The van der Waals surface area contributed by atoms with Crippen molar-refractivity contribution in [3.8, 4) is 0 Å². The van der Waals surface area contributed by atoms with E-state index in [-0.39, 0.29) is 0 Å². The van der Waals surface area contributed by atoms with E-state index in [1.165, 1.54) is 16.6 Å². The largest absolute Gasteiger partial charge is 0.263 e. The molecule has 0 aliphatic carbocycles. The van der Waals surface area contributed by atoms with Gasteiger partial charge < -0.3 is 0 Å². The number of pyridine rings is 1. The summed E-state index contributed by atoms with van der Waals surface area (Å²) in [6, 6.07) is 2.50. The quantitative estimate of drug-likeness (QED) is 0.810. The van der Waals surface area contributed by atoms with Gasteiger partial charge in [0.1, 0.15) is 0 Å². The van der Waals surface area contributed by atoms with E-state index in [1.54, 1.807) is 0 Å². The standard InChI is InChI=1S/C11H15FN2O2S/c1-9-4-3-7-14(8-9)17(15,16)11-10(12)5-2-6-13-11/h2,5-6,9H,3-4,7-8H2,1H3. The minimum absolute atomic E-state index is 0.310. The van der Waals surface area contributed by atoms with Gasteiger partial charge in [0, 0.05) is 19.3 Å². The van der Waals surface area contributed by atoms with E-state index in [4.69, 9.17) is 0 Å². The van der Waals surface area contributed by atoms with Crippen LogP contribution in [0.2, 0.25) is 0 Å². The van der Waals surface area contributed by atoms with Gasteiger partial charge in [-0.2, -0.15) is 4.31 Å². The van der Waals surface area contributed by atoms with Crippen molar-refractivity contribution in [3.63, 3.8) is 0 Å². The zero-order chi connectivity index (χ0) is 12.5. The minimum atomic E-state index is -3.78. The van der Waals surface area contributed by atoms with Crippen LogP contribution in [0, 0.1) is 11.7 Å². The number of halogens is 1. The molecule has 1 saturated heterocycles. The molecule has 4 nitrogen and oxygen atoms in total. The van der Waals surface area contributed by atoms with Crippen LogP contribution in [0.25, 0.3) is 0 Å². The van der Waals surface area contributed by atoms with E-state index in [9.17, 15) is 12.8 Å². The molecule has 17 heavy (non-hydrogen) atoms. The smallest absolute Gasteiger partial charge is 0.241 e. The van der Waals surface area contributed by atoms with Crippen molar-refractivity contribution in [2.24, 2.45) is 5.92 Å². The molecular weight excluding hydrogens is 243 g/mol. The fourth-order valence-electron chi connectivity index (χ4n) is 2.05. The van der Waals surface area contributed by atoms with Gasteiger partial charge in [-0.3, -0.25) is 0 Å². The van der Waals surface area contributed by atoms with Crippen LogP contribution in [0.4, 0.5) is 4.39 Å². The second kappa shape index (κ2) is 4.70. The maximum absolute atomic E-state index is 13.5. The first-order valence-electron chi connectivity index (χ1n) is 5.62. The van der Waals surface area contributed by atoms with Crippen LogP contribution in [0.1, 0.15) is 19.8 Å². The van der Waals surface area contributed by atoms with Gasteiger partial charge in [-0.25, -0.2) is 17.8 Å². The van der Waals surface area contributed by atoms with E-state index >= 15 is 0 Å². The molecule has 1 aromatic rings. The Hall–Kier alpha value is -1.01. The normalized spacial score (nSPS) is 22.6. The zero-order valence-electron chi connectivity index (χ0n) is 9.63. The Labute approximate surface area is 101 Å². The first-order chi connectivity index (χ1) is 8.01. The van der Waals surface area contributed by atoms with Gasteiger partial charge in [0.05, 0.1) is 0 Å². The molecule has 1 aliphatic rings. The Morgan fingerprint density at radius 3 is 2.94 bits per heavy atom. The second-order valence-corrected chi connectivity index (χ2v) is 6.25. The number of piperidine rings is 1. The summed E-state index contributed by atoms with van der Waals surface area (Å²) in [5.74, 6) is -0.476. The highest BCUT2D eigenvalue weighted by Gasteiger charge is 2.31. The Morgan fingerprint density at radius 1 is 1.53 bits per heavy atom. The maximum atomic E-state index is 13.5. The maximum Gasteiger partial charge on any atom is 0.263 e. The van der Waals surface area contributed by atoms with Crippen molar-refractivity contribution in [1.82, 2.24) is 9.29 Å². The Kier molecular flexibility index (Phi) is 3.44. The van der Waals surface area contributed by atoms with E-state index in [0.29, 0.717) is 19.0 Å². The average Bonchev–Trinajstić information content (AvgIpc) is 2.29. The first kappa shape index (κ1) is 12.4. The number of sulfonamides is 1. The predicted octanol–water partition coefficient (Wildman–Crippen LogP) is 1.64. The molecule has 1 fully saturated rings. The number of aromatic nitrogens is 1. The monoisotopic (exact) mass is 258 g/mol. The molecule has 0 bridgehead atoms. The fraction of sp³-hybridized carbons (Fsp3) is 0.545. The molecule has 0 saturated carbocycles. The lowest BCUT2D eigenvalue weighted by Crippen LogP contribution is -2.39. The van der Waals surface area contributed by atoms with Crippen molar-refractivity contribution in [2.45, 2.75) is 24.8 Å². The van der Waals surface area contributed by atoms with E-state index in [0.717, 1.165) is 18.9 Å². The van der Waals surface area contributed by atoms with Crippen molar-refractivity contribution in [3.05, 3.63) is 24.1 Å². The highest BCUT2D eigenvalue weighted by Crippen LogP contribution is 2.23. The van der Waals surface area contributed by atoms with Gasteiger partial charge in [-0.05, 0) is 30.9 Å². The lowest BCUT2D eigenvalue weighted by molar-refractivity contribution is 0.279. The van der Waals surface area contributed by atoms with Crippen molar-refractivity contribution < 1.29 is 12.8 Å². The van der Waals surface area contributed by atoms with Crippen LogP contribution in [0.3, 0.4) is 0 Å². The van der Waals surface area contributed by atoms with E-state index in [1.807, 2.05) is 6.92 Å². The van der Waals surface area contributed by atoms with Crippen LogP contribution >= 0.6 is 0 Å². The van der Waals surface area contributed by atoms with Crippen molar-refractivity contribution >= 4 is 10.0 Å². The van der Waals surface area contributed by atoms with Gasteiger partial charge in [0.2, 0.25) is 5.03 Å². The van der Waals surface area contributed by atoms with Crippen LogP contribution in [-0.2, 0) is 10.0 Å². The Bertz CT molecular complexity index is 504. The van der Waals surface area contributed by atoms with Gasteiger partial charge >= 0.3 is 0 Å². The van der Waals surface area contributed by atoms with Gasteiger partial charge in [-0.1, -0.05) is 6.92 Å². The number of rotatable bonds is 2. The molecule has 1 unspecified atom stereocenters. The molecule has 2 rings (SSSR count). The van der Waals surface area contributed by atoms with Gasteiger partial charge in [-0.15, -0.1) is 0 Å². The summed E-state index contributed by atoms with van der Waals surface area (Å²) in [5, 5.41) is -0.464. The average molecular weight is 258 g/mol. The fourth-order valence-corrected chi connectivity index (χ4v) is 3.62. The second-order valence-electron chi connectivity index (χ2n) is 4.40. The summed E-state index contributed by atoms with van der Waals surface area (Å²) < 4.78 is 39.1. The van der Waals surface area contributed by atoms with Crippen molar-refractivity contribution in [1.29, 1.82) is 0 Å². The third-order valence-electron chi connectivity index (χ3n) is 2.93. The van der Waals surface area contributed by atoms with E-state index in [2.05, 4.69) is 4.98 Å². The van der Waals surface area contributed by atoms with Crippen LogP contribution in [0.15, 0.2) is 23.4 Å². The Morgan fingerprint density at radius 2 is 2.29 bits per heavy atom. The molecule has 1 aliphatic heterocycles. The summed E-state index contributed by atoms with van der Waals surface area (Å²) in [4.78, 5) is 3.65. The number of nitrogens with zero attached hydrogens (tertiary/aromatic N) is 2. The SMILES string of the molecule is CC1CCCN(S(=O)(=O)c2ncccc2F)C1. The highest BCUT2D eigenvalue weighted by molar-refractivity contribution is 7.89. The minimum Gasteiger partial charge on any atom is -0.241 e. The van der Waals surface area contributed by atoms with E-state index < -0.39 is 20.9 Å². The van der Waals surface area contributed by atoms with Crippen molar-refractivity contribution in [2.75, 3.05) is 13.1 Å². The Balaban J connectivity index is 2.33. The first-order valence-corrected chi connectivity index (χ1v) is 7.06. The van der Waals surface area contributed by atoms with Crippen LogP contribution in [0.5, 0.6) is 0 Å². The summed E-state index contributed by atoms with van der Waals surface area (Å²) >= 11 is 0. The summed E-state index contributed by atoms with van der Waals surface area (Å²) in [7, 11) is -3.78. The molecule has 0 spiro atoms. The predicted molar refractivity (Wildman–Crippen MR) is 61.4 cm³/mol. The summed E-state index contributed by atoms with van der Waals surface area (Å²) in [6.45, 7) is 2.89. The zero-order valence-corrected chi connectivity index (χ0v) is 10.5. The summed E-state index contributed by atoms with van der Waals surface area (Å²) in [6.07, 6.45) is 3.12. The molecule has 1 atom stereocenters. The molecule has 94 valence electrons. The molecule has 2 heterocycles. The molecule has 6 heteroatoms. The number of hydrogen-bond acceptors (Lipinski definition) is 3. The van der Waals surface area contributed by atoms with Crippen LogP contribution in [-0.4, -0.2) is 30.8 Å². The third kappa shape index (κ3) is 2.47. The summed E-state index contributed by atoms with van der Waals surface area (Å²) in [5.41, 5.74) is 0. The lowest BCUT2D eigenvalue weighted by Gasteiger charge is -2.29. The molecule has 1 aromatic heterocycles. The molecule has 0 radical (unpaired) electrons. The highest BCUT2D eigenvalue weighted by atomic mass is 32.2. The van der Waals surface area contributed by atoms with Crippen LogP contribution < -0.4 is 0 Å². The molecule has 0 aromatic carbocycles. The van der Waals surface area contributed by atoms with Gasteiger partial charge in [0.15, 0.2) is 5.82 Å². The topological polar surface area (TPSA) is 50.3 Å². The van der Waals surface area contributed by atoms with Gasteiger partial charge in [0.25, 0.3) is 10.0 Å². The third-order valence-corrected chi connectivity index (χ3v) is 4.73. The molecule has 0 N–H and O–H groups in total. The number of hydrogen-bond donors (Lipinski definition) is 0. The molecular formula is C11H15FN2O2S.